The van der Waals surface area contributed by atoms with Crippen LogP contribution in [0.25, 0.3) is 0 Å². The lowest BCUT2D eigenvalue weighted by Gasteiger charge is -2.43. The van der Waals surface area contributed by atoms with E-state index in [1.54, 1.807) is 0 Å². The Bertz CT molecular complexity index is 1460. The van der Waals surface area contributed by atoms with Crippen molar-refractivity contribution in [2.45, 2.75) is 72.5 Å². The largest absolute Gasteiger partial charge is 0.426 e. The minimum atomic E-state index is -5.23. The summed E-state index contributed by atoms with van der Waals surface area (Å²) in [5.41, 5.74) is -4.13. The van der Waals surface area contributed by atoms with Crippen LogP contribution in [-0.2, 0) is 31.5 Å². The number of benzene rings is 2. The number of carbonyl (C=O) groups excluding carboxylic acids is 1. The van der Waals surface area contributed by atoms with Crippen LogP contribution in [0.15, 0.2) is 47.4 Å². The third-order valence-corrected chi connectivity index (χ3v) is 11.6. The molecule has 1 amide bonds. The second kappa shape index (κ2) is 9.68. The van der Waals surface area contributed by atoms with Crippen molar-refractivity contribution in [3.63, 3.8) is 0 Å². The molecule has 0 aromatic heterocycles. The van der Waals surface area contributed by atoms with E-state index in [0.29, 0.717) is 6.92 Å². The molecule has 1 saturated carbocycles. The van der Waals surface area contributed by atoms with Gasteiger partial charge in [-0.05, 0) is 79.5 Å². The molecule has 1 saturated heterocycles. The van der Waals surface area contributed by atoms with Gasteiger partial charge in [-0.1, -0.05) is 18.2 Å². The van der Waals surface area contributed by atoms with E-state index in [2.05, 4.69) is 0 Å². The Morgan fingerprint density at radius 2 is 1.73 bits per heavy atom. The van der Waals surface area contributed by atoms with Gasteiger partial charge in [-0.15, -0.1) is 0 Å². The Labute approximate surface area is 232 Å². The summed E-state index contributed by atoms with van der Waals surface area (Å²) in [6.45, 7) is -1.26. The number of nitrogens with zero attached hydrogens (tertiary/aromatic N) is 1. The monoisotopic (exact) mass is 607 g/mol. The fourth-order valence-electron chi connectivity index (χ4n) is 6.96. The number of alkyl halides is 6. The summed E-state index contributed by atoms with van der Waals surface area (Å²) in [5.74, 6) is -6.66. The van der Waals surface area contributed by atoms with Crippen molar-refractivity contribution in [1.29, 1.82) is 0 Å². The normalized spacial score (nSPS) is 29.1. The molecule has 224 valence electrons. The van der Waals surface area contributed by atoms with E-state index >= 15 is 0 Å². The summed E-state index contributed by atoms with van der Waals surface area (Å²) < 4.78 is 124. The molecule has 2 aliphatic carbocycles. The zero-order chi connectivity index (χ0) is 30.2. The van der Waals surface area contributed by atoms with Gasteiger partial charge in [-0.2, -0.15) is 13.2 Å². The van der Waals surface area contributed by atoms with E-state index in [4.69, 9.17) is 0 Å². The standard InChI is InChI=1S/C28H28F7NO4S/c1-25(30,28(33,34)35)17-3-9-22-16(12-17)2-8-23-21(24(38)36-15-26(31,32)13-19(36)14-37)10-11-27(22,23)41(39,40)20-6-4-18(29)5-7-20/h3-7,9,12,19,21,23,37H,2,8,10-11,13-15H2,1H3/t19-,21-,23+,25?,27-/m1/s1. The molecule has 1 N–H and O–H groups in total. The maximum absolute atomic E-state index is 14.9. The molecule has 5 nitrogen and oxygen atoms in total. The summed E-state index contributed by atoms with van der Waals surface area (Å²) in [4.78, 5) is 14.3. The van der Waals surface area contributed by atoms with Gasteiger partial charge < -0.3 is 10.0 Å². The highest BCUT2D eigenvalue weighted by Crippen LogP contribution is 2.60. The summed E-state index contributed by atoms with van der Waals surface area (Å²) in [5, 5.41) is 9.66. The lowest BCUT2D eigenvalue weighted by Crippen LogP contribution is -2.49. The number of aryl methyl sites for hydroxylation is 1. The topological polar surface area (TPSA) is 74.7 Å². The van der Waals surface area contributed by atoms with Crippen molar-refractivity contribution in [3.8, 4) is 0 Å². The third-order valence-electron chi connectivity index (χ3n) is 9.06. The van der Waals surface area contributed by atoms with Crippen LogP contribution >= 0.6 is 0 Å². The predicted octanol–water partition coefficient (Wildman–Crippen LogP) is 5.44. The minimum absolute atomic E-state index is 0.00364. The van der Waals surface area contributed by atoms with Gasteiger partial charge in [0.15, 0.2) is 9.84 Å². The van der Waals surface area contributed by atoms with Crippen LogP contribution in [0.5, 0.6) is 0 Å². The van der Waals surface area contributed by atoms with E-state index in [1.165, 1.54) is 0 Å². The number of hydrogen-bond acceptors (Lipinski definition) is 4. The first kappa shape index (κ1) is 29.8. The van der Waals surface area contributed by atoms with Crippen molar-refractivity contribution in [3.05, 3.63) is 65.0 Å². The van der Waals surface area contributed by atoms with Gasteiger partial charge in [0.2, 0.25) is 11.6 Å². The number of aliphatic hydroxyl groups excluding tert-OH is 1. The smallest absolute Gasteiger partial charge is 0.394 e. The molecule has 1 aliphatic heterocycles. The van der Waals surface area contributed by atoms with E-state index in [-0.39, 0.29) is 41.7 Å². The summed E-state index contributed by atoms with van der Waals surface area (Å²) in [6.07, 6.45) is -6.15. The molecule has 1 heterocycles. The highest BCUT2D eigenvalue weighted by atomic mass is 32.2. The Balaban J connectivity index is 1.64. The Morgan fingerprint density at radius 3 is 2.34 bits per heavy atom. The number of carbonyl (C=O) groups is 1. The molecule has 0 radical (unpaired) electrons. The first-order valence-corrected chi connectivity index (χ1v) is 14.6. The molecule has 1 unspecified atom stereocenters. The van der Waals surface area contributed by atoms with Crippen LogP contribution in [0.4, 0.5) is 30.7 Å². The second-order valence-corrected chi connectivity index (χ2v) is 13.6. The zero-order valence-corrected chi connectivity index (χ0v) is 22.7. The molecule has 5 atom stereocenters. The summed E-state index contributed by atoms with van der Waals surface area (Å²) in [6, 6.07) is 5.88. The summed E-state index contributed by atoms with van der Waals surface area (Å²) in [7, 11) is -4.45. The molecule has 2 fully saturated rings. The Hall–Kier alpha value is -2.67. The van der Waals surface area contributed by atoms with Gasteiger partial charge in [0.05, 0.1) is 24.1 Å². The number of amides is 1. The van der Waals surface area contributed by atoms with Crippen molar-refractivity contribution in [2.75, 3.05) is 13.2 Å². The highest BCUT2D eigenvalue weighted by molar-refractivity contribution is 7.92. The SMILES string of the molecule is CC(F)(c1ccc2c(c1)CC[C@H]1[C@H](C(=O)N3CC(F)(F)C[C@@H]3CO)CC[C@@]21S(=O)(=O)c1ccc(F)cc1)C(F)(F)F. The molecule has 2 aromatic carbocycles. The lowest BCUT2D eigenvalue weighted by atomic mass is 9.72. The van der Waals surface area contributed by atoms with Crippen LogP contribution in [0.2, 0.25) is 0 Å². The maximum Gasteiger partial charge on any atom is 0.426 e. The van der Waals surface area contributed by atoms with Gasteiger partial charge in [-0.25, -0.2) is 26.0 Å². The predicted molar refractivity (Wildman–Crippen MR) is 133 cm³/mol. The first-order valence-electron chi connectivity index (χ1n) is 13.2. The number of sulfone groups is 1. The van der Waals surface area contributed by atoms with Gasteiger partial charge in [0.1, 0.15) is 10.6 Å². The Kier molecular flexibility index (Phi) is 7.04. The first-order chi connectivity index (χ1) is 19.0. The van der Waals surface area contributed by atoms with Crippen LogP contribution in [0, 0.1) is 17.7 Å². The molecule has 0 bridgehead atoms. The second-order valence-electron chi connectivity index (χ2n) is 11.4. The number of rotatable bonds is 5. The number of aliphatic hydroxyl groups is 1. The molecular formula is C28H28F7NO4S. The molecule has 2 aromatic rings. The van der Waals surface area contributed by atoms with E-state index in [1.807, 2.05) is 0 Å². The minimum Gasteiger partial charge on any atom is -0.394 e. The fourth-order valence-corrected chi connectivity index (χ4v) is 9.43. The molecule has 13 heteroatoms. The molecule has 0 spiro atoms. The average Bonchev–Trinajstić information content (AvgIpc) is 3.45. The van der Waals surface area contributed by atoms with E-state index in [0.717, 1.165) is 47.4 Å². The van der Waals surface area contributed by atoms with Crippen LogP contribution < -0.4 is 0 Å². The van der Waals surface area contributed by atoms with Crippen molar-refractivity contribution in [2.24, 2.45) is 11.8 Å². The van der Waals surface area contributed by atoms with E-state index in [9.17, 15) is 49.1 Å². The quantitative estimate of drug-likeness (QED) is 0.363. The summed E-state index contributed by atoms with van der Waals surface area (Å²) >= 11 is 0. The zero-order valence-electron chi connectivity index (χ0n) is 21.9. The lowest BCUT2D eigenvalue weighted by molar-refractivity contribution is -0.228. The number of likely N-dealkylation sites (tertiary alicyclic amines) is 1. The van der Waals surface area contributed by atoms with Crippen molar-refractivity contribution >= 4 is 15.7 Å². The van der Waals surface area contributed by atoms with Crippen molar-refractivity contribution in [1.82, 2.24) is 4.90 Å². The third kappa shape index (κ3) is 4.54. The van der Waals surface area contributed by atoms with Crippen LogP contribution in [0.3, 0.4) is 0 Å². The highest BCUT2D eigenvalue weighted by Gasteiger charge is 2.63. The number of fused-ring (bicyclic) bond motifs is 3. The van der Waals surface area contributed by atoms with Gasteiger partial charge in [0, 0.05) is 12.3 Å². The van der Waals surface area contributed by atoms with Crippen molar-refractivity contribution < 1.29 is 49.1 Å². The molecule has 41 heavy (non-hydrogen) atoms. The molecule has 5 rings (SSSR count). The molecular weight excluding hydrogens is 579 g/mol. The van der Waals surface area contributed by atoms with Crippen LogP contribution in [-0.4, -0.2) is 55.6 Å². The van der Waals surface area contributed by atoms with Gasteiger partial charge >= 0.3 is 6.18 Å². The van der Waals surface area contributed by atoms with Gasteiger partial charge in [0.25, 0.3) is 5.92 Å². The molecule has 3 aliphatic rings. The Morgan fingerprint density at radius 1 is 1.07 bits per heavy atom. The van der Waals surface area contributed by atoms with Gasteiger partial charge in [-0.3, -0.25) is 4.79 Å². The van der Waals surface area contributed by atoms with Crippen LogP contribution in [0.1, 0.15) is 49.3 Å². The van der Waals surface area contributed by atoms with E-state index < -0.39 is 87.1 Å². The number of hydrogen-bond donors (Lipinski definition) is 1. The maximum atomic E-state index is 14.9. The fraction of sp³-hybridized carbons (Fsp3) is 0.536. The average molecular weight is 608 g/mol. The number of halogens is 7.